The van der Waals surface area contributed by atoms with Crippen LogP contribution >= 0.6 is 0 Å². The second-order valence-electron chi connectivity index (χ2n) is 8.66. The molecule has 1 aliphatic rings. The number of unbranched alkanes of at least 4 members (excludes halogenated alkanes) is 5. The van der Waals surface area contributed by atoms with Gasteiger partial charge in [-0.15, -0.1) is 0 Å². The molecule has 1 aromatic carbocycles. The van der Waals surface area contributed by atoms with E-state index in [1.165, 1.54) is 31.7 Å². The normalized spacial score (nSPS) is 21.6. The number of hydrogen-bond acceptors (Lipinski definition) is 5. The fourth-order valence-electron chi connectivity index (χ4n) is 3.90. The van der Waals surface area contributed by atoms with Crippen molar-refractivity contribution >= 4 is 12.0 Å². The molecule has 2 atom stereocenters. The van der Waals surface area contributed by atoms with Gasteiger partial charge in [0.25, 0.3) is 0 Å². The summed E-state index contributed by atoms with van der Waals surface area (Å²) in [5, 5.41) is 20.7. The lowest BCUT2D eigenvalue weighted by Gasteiger charge is -2.17. The molecule has 0 saturated carbocycles. The van der Waals surface area contributed by atoms with E-state index in [0.29, 0.717) is 30.8 Å². The van der Waals surface area contributed by atoms with Gasteiger partial charge >= 0.3 is 5.97 Å². The first-order valence-corrected chi connectivity index (χ1v) is 12.1. The number of phenolic OH excluding ortho intramolecular Hbond substituents is 1. The highest BCUT2D eigenvalue weighted by atomic mass is 16.5. The number of aliphatic hydroxyl groups excluding tert-OH is 1. The monoisotopic (exact) mass is 432 g/mol. The molecule has 174 valence electrons. The maximum Gasteiger partial charge on any atom is 0.342 e. The van der Waals surface area contributed by atoms with Crippen LogP contribution in [0.3, 0.4) is 0 Å². The van der Waals surface area contributed by atoms with Crippen LogP contribution in [0.15, 0.2) is 18.2 Å². The zero-order valence-electron chi connectivity index (χ0n) is 19.3. The molecule has 0 aliphatic carbocycles. The number of carbonyl (C=O) groups excluding carboxylic acids is 1. The second-order valence-corrected chi connectivity index (χ2v) is 8.66. The third-order valence-corrected chi connectivity index (χ3v) is 5.75. The first-order valence-electron chi connectivity index (χ1n) is 12.1. The zero-order valence-corrected chi connectivity index (χ0v) is 19.3. The molecule has 0 saturated heterocycles. The largest absolute Gasteiger partial charge is 0.507 e. The smallest absolute Gasteiger partial charge is 0.342 e. The number of fused-ring (bicyclic) bond motifs is 1. The molecule has 5 heteroatoms. The van der Waals surface area contributed by atoms with E-state index in [2.05, 4.69) is 6.92 Å². The van der Waals surface area contributed by atoms with E-state index < -0.39 is 5.97 Å². The summed E-state index contributed by atoms with van der Waals surface area (Å²) in [4.78, 5) is 12.8. The van der Waals surface area contributed by atoms with E-state index in [1.807, 2.05) is 19.1 Å². The minimum Gasteiger partial charge on any atom is -0.507 e. The first-order chi connectivity index (χ1) is 15.0. The summed E-state index contributed by atoms with van der Waals surface area (Å²) in [6, 6.07) is 3.31. The first kappa shape index (κ1) is 25.3. The number of rotatable bonds is 8. The molecule has 0 aromatic heterocycles. The molecular weight excluding hydrogens is 392 g/mol. The van der Waals surface area contributed by atoms with Crippen molar-refractivity contribution in [3.63, 3.8) is 0 Å². The van der Waals surface area contributed by atoms with Crippen molar-refractivity contribution < 1.29 is 24.5 Å². The lowest BCUT2D eigenvalue weighted by Crippen LogP contribution is -2.17. The molecule has 0 unspecified atom stereocenters. The van der Waals surface area contributed by atoms with E-state index >= 15 is 0 Å². The van der Waals surface area contributed by atoms with Gasteiger partial charge in [0.2, 0.25) is 0 Å². The Morgan fingerprint density at radius 2 is 1.81 bits per heavy atom. The van der Waals surface area contributed by atoms with E-state index in [1.54, 1.807) is 6.07 Å². The van der Waals surface area contributed by atoms with Gasteiger partial charge in [-0.05, 0) is 63.5 Å². The standard InChI is InChI=1S/C26H40O5/c1-3-4-5-6-7-11-17-30-23-18-21-14-9-8-10-15-22(27)16-12-13-20(2)31-26(29)25(21)24(28)19-23/h9,14,18-20,22,27-28H,3-8,10-13,15-17H2,1-2H3/b14-9+/t20-,22+/m0/s1. The Labute approximate surface area is 187 Å². The van der Waals surface area contributed by atoms with Crippen LogP contribution in [0, 0.1) is 0 Å². The van der Waals surface area contributed by atoms with Crippen molar-refractivity contribution in [2.24, 2.45) is 0 Å². The Morgan fingerprint density at radius 3 is 2.61 bits per heavy atom. The van der Waals surface area contributed by atoms with Gasteiger partial charge in [0.15, 0.2) is 0 Å². The summed E-state index contributed by atoms with van der Waals surface area (Å²) >= 11 is 0. The van der Waals surface area contributed by atoms with Gasteiger partial charge in [0.05, 0.1) is 18.8 Å². The van der Waals surface area contributed by atoms with Gasteiger partial charge in [-0.3, -0.25) is 0 Å². The molecule has 0 bridgehead atoms. The average Bonchev–Trinajstić information content (AvgIpc) is 2.72. The summed E-state index contributed by atoms with van der Waals surface area (Å²) in [5.41, 5.74) is 0.792. The Kier molecular flexibility index (Phi) is 11.5. The average molecular weight is 433 g/mol. The number of phenols is 1. The minimum atomic E-state index is -0.523. The van der Waals surface area contributed by atoms with E-state index in [4.69, 9.17) is 9.47 Å². The Bertz CT molecular complexity index is 697. The molecule has 2 rings (SSSR count). The van der Waals surface area contributed by atoms with Crippen molar-refractivity contribution in [3.05, 3.63) is 29.3 Å². The predicted octanol–water partition coefficient (Wildman–Crippen LogP) is 6.41. The van der Waals surface area contributed by atoms with Gasteiger partial charge < -0.3 is 19.7 Å². The van der Waals surface area contributed by atoms with Crippen molar-refractivity contribution in [3.8, 4) is 11.5 Å². The van der Waals surface area contributed by atoms with Crippen LogP contribution in [-0.4, -0.2) is 35.0 Å². The van der Waals surface area contributed by atoms with E-state index in [0.717, 1.165) is 38.5 Å². The molecule has 0 amide bonds. The Hall–Kier alpha value is -2.01. The van der Waals surface area contributed by atoms with Gasteiger partial charge in [0, 0.05) is 6.07 Å². The molecule has 1 aliphatic heterocycles. The summed E-state index contributed by atoms with van der Waals surface area (Å²) in [7, 11) is 0. The number of ether oxygens (including phenoxy) is 2. The number of allylic oxidation sites excluding steroid dienone is 1. The molecular formula is C26H40O5. The Morgan fingerprint density at radius 1 is 1.06 bits per heavy atom. The lowest BCUT2D eigenvalue weighted by molar-refractivity contribution is 0.0307. The second kappa shape index (κ2) is 14.1. The highest BCUT2D eigenvalue weighted by Crippen LogP contribution is 2.31. The third kappa shape index (κ3) is 9.34. The van der Waals surface area contributed by atoms with Crippen molar-refractivity contribution in [1.82, 2.24) is 0 Å². The van der Waals surface area contributed by atoms with E-state index in [9.17, 15) is 15.0 Å². The fourth-order valence-corrected chi connectivity index (χ4v) is 3.90. The quantitative estimate of drug-likeness (QED) is 0.367. The van der Waals surface area contributed by atoms with Crippen LogP contribution in [0.25, 0.3) is 6.08 Å². The van der Waals surface area contributed by atoms with Gasteiger partial charge in [-0.1, -0.05) is 51.2 Å². The summed E-state index contributed by atoms with van der Waals surface area (Å²) in [5.74, 6) is -0.0728. The minimum absolute atomic E-state index is 0.111. The van der Waals surface area contributed by atoms with Crippen LogP contribution in [0.5, 0.6) is 11.5 Å². The van der Waals surface area contributed by atoms with Crippen LogP contribution in [0.1, 0.15) is 107 Å². The van der Waals surface area contributed by atoms with Crippen LogP contribution in [0.2, 0.25) is 0 Å². The van der Waals surface area contributed by atoms with Gasteiger partial charge in [-0.2, -0.15) is 0 Å². The zero-order chi connectivity index (χ0) is 22.5. The molecule has 2 N–H and O–H groups in total. The molecule has 1 heterocycles. The van der Waals surface area contributed by atoms with Crippen molar-refractivity contribution in [1.29, 1.82) is 0 Å². The predicted molar refractivity (Wildman–Crippen MR) is 125 cm³/mol. The van der Waals surface area contributed by atoms with Crippen molar-refractivity contribution in [2.75, 3.05) is 6.61 Å². The Balaban J connectivity index is 2.09. The van der Waals surface area contributed by atoms with Crippen molar-refractivity contribution in [2.45, 2.75) is 103 Å². The highest BCUT2D eigenvalue weighted by molar-refractivity contribution is 5.97. The van der Waals surface area contributed by atoms with E-state index in [-0.39, 0.29) is 23.5 Å². The van der Waals surface area contributed by atoms with Crippen LogP contribution < -0.4 is 4.74 Å². The number of esters is 1. The maximum atomic E-state index is 12.8. The number of aliphatic hydroxyl groups is 1. The maximum absolute atomic E-state index is 12.8. The SMILES string of the molecule is CCCCCCCCOc1cc(O)c2c(c1)/C=C/CCC[C@@H](O)CCC[C@H](C)OC2=O. The van der Waals surface area contributed by atoms with Gasteiger partial charge in [0.1, 0.15) is 17.1 Å². The number of cyclic esters (lactones) is 1. The van der Waals surface area contributed by atoms with Crippen LogP contribution in [-0.2, 0) is 4.74 Å². The van der Waals surface area contributed by atoms with Crippen LogP contribution in [0.4, 0.5) is 0 Å². The van der Waals surface area contributed by atoms with Gasteiger partial charge in [-0.25, -0.2) is 4.79 Å². The molecule has 0 radical (unpaired) electrons. The molecule has 5 nitrogen and oxygen atoms in total. The molecule has 0 spiro atoms. The summed E-state index contributed by atoms with van der Waals surface area (Å²) in [6.45, 7) is 4.65. The molecule has 1 aromatic rings. The number of carbonyl (C=O) groups is 1. The molecule has 0 fully saturated rings. The fraction of sp³-hybridized carbons (Fsp3) is 0.654. The summed E-state index contributed by atoms with van der Waals surface area (Å²) < 4.78 is 11.4. The number of hydrogen-bond donors (Lipinski definition) is 2. The number of benzene rings is 1. The summed E-state index contributed by atoms with van der Waals surface area (Å²) in [6.07, 6.45) is 15.0. The molecule has 31 heavy (non-hydrogen) atoms. The highest BCUT2D eigenvalue weighted by Gasteiger charge is 2.21. The topological polar surface area (TPSA) is 76.0 Å². The lowest BCUT2D eigenvalue weighted by atomic mass is 10.0. The third-order valence-electron chi connectivity index (χ3n) is 5.75. The number of aromatic hydroxyl groups is 1.